The maximum absolute atomic E-state index is 11.2. The van der Waals surface area contributed by atoms with Crippen molar-refractivity contribution in [3.63, 3.8) is 0 Å². The molecule has 4 heteroatoms. The zero-order valence-electron chi connectivity index (χ0n) is 10.9. The molecule has 0 unspecified atom stereocenters. The molecule has 0 bridgehead atoms. The summed E-state index contributed by atoms with van der Waals surface area (Å²) < 4.78 is 5.74. The van der Waals surface area contributed by atoms with E-state index in [1.165, 1.54) is 0 Å². The lowest BCUT2D eigenvalue weighted by atomic mass is 10.2. The SMILES string of the molecule is O=C1CS[C@@H](c2ccc(OCc3ccccc3)cc2)N1. The topological polar surface area (TPSA) is 38.3 Å². The van der Waals surface area contributed by atoms with Crippen molar-refractivity contribution in [2.45, 2.75) is 12.0 Å². The summed E-state index contributed by atoms with van der Waals surface area (Å²) in [5.41, 5.74) is 2.25. The Bertz CT molecular complexity index is 583. The largest absolute Gasteiger partial charge is 0.489 e. The summed E-state index contributed by atoms with van der Waals surface area (Å²) in [5.74, 6) is 1.48. The van der Waals surface area contributed by atoms with Gasteiger partial charge < -0.3 is 10.1 Å². The zero-order valence-corrected chi connectivity index (χ0v) is 11.7. The smallest absolute Gasteiger partial charge is 0.231 e. The third-order valence-electron chi connectivity index (χ3n) is 3.10. The molecule has 0 aromatic heterocycles. The van der Waals surface area contributed by atoms with Gasteiger partial charge in [0.25, 0.3) is 0 Å². The van der Waals surface area contributed by atoms with Crippen LogP contribution in [0.1, 0.15) is 16.5 Å². The molecule has 102 valence electrons. The molecule has 1 aliphatic heterocycles. The third kappa shape index (κ3) is 3.14. The highest BCUT2D eigenvalue weighted by atomic mass is 32.2. The number of carbonyl (C=O) groups excluding carboxylic acids is 1. The number of amides is 1. The first kappa shape index (κ1) is 13.1. The van der Waals surface area contributed by atoms with Crippen molar-refractivity contribution >= 4 is 17.7 Å². The number of hydrogen-bond acceptors (Lipinski definition) is 3. The number of ether oxygens (including phenoxy) is 1. The molecule has 0 aliphatic carbocycles. The van der Waals surface area contributed by atoms with E-state index in [2.05, 4.69) is 5.32 Å². The standard InChI is InChI=1S/C16H15NO2S/c18-15-11-20-16(17-15)13-6-8-14(9-7-13)19-10-12-4-2-1-3-5-12/h1-9,16H,10-11H2,(H,17,18)/t16-/m0/s1. The van der Waals surface area contributed by atoms with Crippen LogP contribution in [0.4, 0.5) is 0 Å². The van der Waals surface area contributed by atoms with Gasteiger partial charge in [-0.2, -0.15) is 0 Å². The molecular weight excluding hydrogens is 270 g/mol. The molecule has 2 aromatic rings. The minimum atomic E-state index is 0.0747. The highest BCUT2D eigenvalue weighted by Gasteiger charge is 2.22. The summed E-state index contributed by atoms with van der Waals surface area (Å²) >= 11 is 1.62. The normalized spacial score (nSPS) is 17.8. The van der Waals surface area contributed by atoms with Gasteiger partial charge in [-0.25, -0.2) is 0 Å². The fourth-order valence-corrected chi connectivity index (χ4v) is 3.01. The van der Waals surface area contributed by atoms with Crippen LogP contribution in [-0.2, 0) is 11.4 Å². The second-order valence-electron chi connectivity index (χ2n) is 4.60. The second-order valence-corrected chi connectivity index (χ2v) is 5.70. The molecule has 3 nitrogen and oxygen atoms in total. The minimum Gasteiger partial charge on any atom is -0.489 e. The Morgan fingerprint density at radius 2 is 1.85 bits per heavy atom. The zero-order chi connectivity index (χ0) is 13.8. The number of thioether (sulfide) groups is 1. The Kier molecular flexibility index (Phi) is 3.92. The van der Waals surface area contributed by atoms with Crippen LogP contribution in [0.25, 0.3) is 0 Å². The van der Waals surface area contributed by atoms with Crippen LogP contribution in [0.2, 0.25) is 0 Å². The first-order valence-electron chi connectivity index (χ1n) is 6.49. The van der Waals surface area contributed by atoms with Gasteiger partial charge in [0.05, 0.1) is 5.75 Å². The molecule has 1 N–H and O–H groups in total. The number of benzene rings is 2. The Labute approximate surface area is 122 Å². The summed E-state index contributed by atoms with van der Waals surface area (Å²) in [6, 6.07) is 18.0. The molecule has 3 rings (SSSR count). The van der Waals surface area contributed by atoms with Crippen LogP contribution in [0.5, 0.6) is 5.75 Å². The third-order valence-corrected chi connectivity index (χ3v) is 4.26. The lowest BCUT2D eigenvalue weighted by molar-refractivity contribution is -0.118. The number of hydrogen-bond donors (Lipinski definition) is 1. The van der Waals surface area contributed by atoms with Gasteiger partial charge in [0.2, 0.25) is 5.91 Å². The van der Waals surface area contributed by atoms with Gasteiger partial charge in [-0.05, 0) is 23.3 Å². The molecule has 1 fully saturated rings. The Morgan fingerprint density at radius 1 is 1.10 bits per heavy atom. The van der Waals surface area contributed by atoms with Crippen molar-refractivity contribution in [2.75, 3.05) is 5.75 Å². The van der Waals surface area contributed by atoms with Crippen molar-refractivity contribution in [1.29, 1.82) is 0 Å². The Hall–Kier alpha value is -1.94. The number of carbonyl (C=O) groups is 1. The molecule has 1 aliphatic rings. The second kappa shape index (κ2) is 6.01. The highest BCUT2D eigenvalue weighted by molar-refractivity contribution is 8.00. The van der Waals surface area contributed by atoms with Crippen LogP contribution >= 0.6 is 11.8 Å². The van der Waals surface area contributed by atoms with Crippen LogP contribution < -0.4 is 10.1 Å². The molecule has 0 spiro atoms. The molecule has 0 saturated carbocycles. The molecule has 1 heterocycles. The molecule has 1 saturated heterocycles. The number of rotatable bonds is 4. The van der Waals surface area contributed by atoms with E-state index in [0.29, 0.717) is 12.4 Å². The van der Waals surface area contributed by atoms with Crippen LogP contribution in [0, 0.1) is 0 Å². The van der Waals surface area contributed by atoms with Crippen LogP contribution in [-0.4, -0.2) is 11.7 Å². The van der Waals surface area contributed by atoms with E-state index in [0.717, 1.165) is 16.9 Å². The van der Waals surface area contributed by atoms with Gasteiger partial charge in [-0.1, -0.05) is 42.5 Å². The first-order valence-corrected chi connectivity index (χ1v) is 7.54. The Morgan fingerprint density at radius 3 is 2.50 bits per heavy atom. The Balaban J connectivity index is 1.60. The van der Waals surface area contributed by atoms with Crippen molar-refractivity contribution < 1.29 is 9.53 Å². The fourth-order valence-electron chi connectivity index (χ4n) is 2.05. The molecule has 1 amide bonds. The van der Waals surface area contributed by atoms with E-state index in [1.807, 2.05) is 54.6 Å². The average Bonchev–Trinajstić information content (AvgIpc) is 2.93. The average molecular weight is 285 g/mol. The quantitative estimate of drug-likeness (QED) is 0.938. The van der Waals surface area contributed by atoms with Crippen LogP contribution in [0.15, 0.2) is 54.6 Å². The number of nitrogens with one attached hydrogen (secondary N) is 1. The maximum Gasteiger partial charge on any atom is 0.231 e. The summed E-state index contributed by atoms with van der Waals surface area (Å²) in [6.45, 7) is 0.565. The molecule has 0 radical (unpaired) electrons. The maximum atomic E-state index is 11.2. The van der Waals surface area contributed by atoms with Gasteiger partial charge in [-0.3, -0.25) is 4.79 Å². The lowest BCUT2D eigenvalue weighted by Gasteiger charge is -2.11. The van der Waals surface area contributed by atoms with E-state index < -0.39 is 0 Å². The minimum absolute atomic E-state index is 0.0747. The van der Waals surface area contributed by atoms with Gasteiger partial charge in [0.1, 0.15) is 17.7 Å². The van der Waals surface area contributed by atoms with Crippen molar-refractivity contribution in [1.82, 2.24) is 5.32 Å². The van der Waals surface area contributed by atoms with Gasteiger partial charge in [0, 0.05) is 0 Å². The van der Waals surface area contributed by atoms with E-state index in [-0.39, 0.29) is 11.3 Å². The van der Waals surface area contributed by atoms with Crippen molar-refractivity contribution in [2.24, 2.45) is 0 Å². The van der Waals surface area contributed by atoms with Crippen LogP contribution in [0.3, 0.4) is 0 Å². The summed E-state index contributed by atoms with van der Waals surface area (Å²) in [5, 5.41) is 3.01. The monoisotopic (exact) mass is 285 g/mol. The fraction of sp³-hybridized carbons (Fsp3) is 0.188. The predicted octanol–water partition coefficient (Wildman–Crippen LogP) is 3.13. The summed E-state index contributed by atoms with van der Waals surface area (Å²) in [7, 11) is 0. The predicted molar refractivity (Wildman–Crippen MR) is 80.6 cm³/mol. The van der Waals surface area contributed by atoms with E-state index in [4.69, 9.17) is 4.74 Å². The first-order chi connectivity index (χ1) is 9.81. The van der Waals surface area contributed by atoms with Crippen molar-refractivity contribution in [3.8, 4) is 5.75 Å². The summed E-state index contributed by atoms with van der Waals surface area (Å²) in [6.07, 6.45) is 0. The lowest BCUT2D eigenvalue weighted by Crippen LogP contribution is -2.18. The molecule has 2 aromatic carbocycles. The van der Waals surface area contributed by atoms with Gasteiger partial charge in [-0.15, -0.1) is 11.8 Å². The highest BCUT2D eigenvalue weighted by Crippen LogP contribution is 2.31. The van der Waals surface area contributed by atoms with Gasteiger partial charge >= 0.3 is 0 Å². The van der Waals surface area contributed by atoms with Crippen molar-refractivity contribution in [3.05, 3.63) is 65.7 Å². The van der Waals surface area contributed by atoms with E-state index in [1.54, 1.807) is 11.8 Å². The molecule has 20 heavy (non-hydrogen) atoms. The van der Waals surface area contributed by atoms with E-state index in [9.17, 15) is 4.79 Å². The summed E-state index contributed by atoms with van der Waals surface area (Å²) in [4.78, 5) is 11.2. The molecule has 1 atom stereocenters. The van der Waals surface area contributed by atoms with Gasteiger partial charge in [0.15, 0.2) is 0 Å². The molecular formula is C16H15NO2S. The van der Waals surface area contributed by atoms with E-state index >= 15 is 0 Å².